The molecule has 3 amide bonds. The van der Waals surface area contributed by atoms with Crippen LogP contribution in [-0.2, 0) is 14.4 Å². The Kier molecular flexibility index (Phi) is 8.53. The van der Waals surface area contributed by atoms with E-state index in [1.807, 2.05) is 0 Å². The first-order chi connectivity index (χ1) is 15.0. The van der Waals surface area contributed by atoms with Crippen molar-refractivity contribution in [1.82, 2.24) is 15.6 Å². The molecule has 1 aromatic rings. The number of aromatic nitrogens is 1. The normalized spacial score (nSPS) is 15.5. The Morgan fingerprint density at radius 2 is 1.81 bits per heavy atom. The van der Waals surface area contributed by atoms with Gasteiger partial charge in [-0.15, -0.1) is 0 Å². The highest BCUT2D eigenvalue weighted by atomic mass is 16.4. The van der Waals surface area contributed by atoms with Crippen molar-refractivity contribution in [3.63, 3.8) is 0 Å². The number of amides is 3. The average molecular weight is 449 g/mol. The number of nitrogen functional groups attached to an aromatic ring is 1. The molecule has 0 radical (unpaired) electrons. The molecule has 1 saturated carbocycles. The molecule has 11 nitrogen and oxygen atoms in total. The van der Waals surface area contributed by atoms with Gasteiger partial charge in [0.05, 0.1) is 24.1 Å². The number of pyridine rings is 1. The molecule has 1 heterocycles. The SMILES string of the molecule is CC(C)(CC(=O)Nc1cncc(C(=O)O)c1N)NC(=O)[C@@H](NC(=O)CN)C1CCCCC1. The first-order valence-electron chi connectivity index (χ1n) is 10.6. The van der Waals surface area contributed by atoms with Crippen LogP contribution in [0.25, 0.3) is 0 Å². The minimum absolute atomic E-state index is 0.00788. The Morgan fingerprint density at radius 1 is 1.16 bits per heavy atom. The lowest BCUT2D eigenvalue weighted by molar-refractivity contribution is -0.131. The Hall–Kier alpha value is -3.21. The first-order valence-corrected chi connectivity index (χ1v) is 10.6. The molecular weight excluding hydrogens is 416 g/mol. The fourth-order valence-electron chi connectivity index (χ4n) is 3.89. The van der Waals surface area contributed by atoms with Crippen LogP contribution in [0.1, 0.15) is 62.7 Å². The quantitative estimate of drug-likeness (QED) is 0.316. The number of hydrogen-bond acceptors (Lipinski definition) is 7. The lowest BCUT2D eigenvalue weighted by atomic mass is 9.83. The number of nitrogens with zero attached hydrogens (tertiary/aromatic N) is 1. The van der Waals surface area contributed by atoms with Crippen LogP contribution in [0.5, 0.6) is 0 Å². The molecule has 1 atom stereocenters. The van der Waals surface area contributed by atoms with Crippen molar-refractivity contribution in [3.05, 3.63) is 18.0 Å². The van der Waals surface area contributed by atoms with Crippen LogP contribution in [0.3, 0.4) is 0 Å². The van der Waals surface area contributed by atoms with Crippen LogP contribution in [-0.4, -0.2) is 51.9 Å². The second kappa shape index (κ2) is 10.9. The zero-order valence-corrected chi connectivity index (χ0v) is 18.4. The van der Waals surface area contributed by atoms with Crippen molar-refractivity contribution in [2.45, 2.75) is 64.0 Å². The molecule has 0 spiro atoms. The summed E-state index contributed by atoms with van der Waals surface area (Å²) in [7, 11) is 0. The van der Waals surface area contributed by atoms with Gasteiger partial charge in [0.2, 0.25) is 17.7 Å². The third-order valence-corrected chi connectivity index (χ3v) is 5.46. The number of carboxylic acids is 1. The van der Waals surface area contributed by atoms with Gasteiger partial charge in [-0.05, 0) is 32.6 Å². The van der Waals surface area contributed by atoms with Gasteiger partial charge < -0.3 is 32.5 Å². The standard InChI is InChI=1S/C21H32N6O5/c1-21(2,8-15(28)25-14-11-24-10-13(17(14)23)20(31)32)27-19(30)18(26-16(29)9-22)12-6-4-3-5-7-12/h10-12,18H,3-9,22H2,1-2H3,(H2,23,24)(H,25,28)(H,26,29)(H,27,30)(H,31,32)/t18-/m0/s1. The van der Waals surface area contributed by atoms with Gasteiger partial charge in [0.1, 0.15) is 11.6 Å². The summed E-state index contributed by atoms with van der Waals surface area (Å²) < 4.78 is 0. The van der Waals surface area contributed by atoms with Crippen molar-refractivity contribution in [2.75, 3.05) is 17.6 Å². The van der Waals surface area contributed by atoms with Gasteiger partial charge >= 0.3 is 5.97 Å². The van der Waals surface area contributed by atoms with Crippen molar-refractivity contribution in [2.24, 2.45) is 11.7 Å². The second-order valence-electron chi connectivity index (χ2n) is 8.70. The van der Waals surface area contributed by atoms with Crippen LogP contribution < -0.4 is 27.4 Å². The average Bonchev–Trinajstić information content (AvgIpc) is 2.72. The van der Waals surface area contributed by atoms with E-state index >= 15 is 0 Å². The highest BCUT2D eigenvalue weighted by Gasteiger charge is 2.34. The number of carbonyl (C=O) groups is 4. The molecule has 176 valence electrons. The number of hydrogen-bond donors (Lipinski definition) is 6. The van der Waals surface area contributed by atoms with Crippen LogP contribution in [0.4, 0.5) is 11.4 Å². The Morgan fingerprint density at radius 3 is 2.41 bits per heavy atom. The summed E-state index contributed by atoms with van der Waals surface area (Å²) >= 11 is 0. The van der Waals surface area contributed by atoms with E-state index in [2.05, 4.69) is 20.9 Å². The van der Waals surface area contributed by atoms with E-state index in [9.17, 15) is 19.2 Å². The molecule has 32 heavy (non-hydrogen) atoms. The molecule has 0 aliphatic heterocycles. The predicted octanol–water partition coefficient (Wildman–Crippen LogP) is 0.609. The summed E-state index contributed by atoms with van der Waals surface area (Å²) in [5.41, 5.74) is 10.0. The van der Waals surface area contributed by atoms with Crippen molar-refractivity contribution in [3.8, 4) is 0 Å². The fourth-order valence-corrected chi connectivity index (χ4v) is 3.89. The minimum atomic E-state index is -1.26. The third-order valence-electron chi connectivity index (χ3n) is 5.46. The van der Waals surface area contributed by atoms with Gasteiger partial charge in [-0.3, -0.25) is 19.4 Å². The van der Waals surface area contributed by atoms with Gasteiger partial charge in [-0.25, -0.2) is 4.79 Å². The molecule has 0 bridgehead atoms. The Balaban J connectivity index is 2.05. The number of rotatable bonds is 9. The molecule has 11 heteroatoms. The van der Waals surface area contributed by atoms with Crippen LogP contribution >= 0.6 is 0 Å². The van der Waals surface area contributed by atoms with Crippen LogP contribution in [0.15, 0.2) is 12.4 Å². The summed E-state index contributed by atoms with van der Waals surface area (Å²) in [4.78, 5) is 52.4. The van der Waals surface area contributed by atoms with Crippen molar-refractivity contribution in [1.29, 1.82) is 0 Å². The molecule has 1 aliphatic rings. The summed E-state index contributed by atoms with van der Waals surface area (Å²) in [5, 5.41) is 17.2. The molecule has 2 rings (SSSR count). The predicted molar refractivity (Wildman–Crippen MR) is 119 cm³/mol. The van der Waals surface area contributed by atoms with Crippen LogP contribution in [0.2, 0.25) is 0 Å². The van der Waals surface area contributed by atoms with Gasteiger partial charge in [-0.1, -0.05) is 19.3 Å². The van der Waals surface area contributed by atoms with Gasteiger partial charge in [0.15, 0.2) is 0 Å². The second-order valence-corrected chi connectivity index (χ2v) is 8.70. The largest absolute Gasteiger partial charge is 0.478 e. The number of carbonyl (C=O) groups excluding carboxylic acids is 3. The molecule has 1 fully saturated rings. The number of aromatic carboxylic acids is 1. The Labute approximate surface area is 186 Å². The van der Waals surface area contributed by atoms with E-state index in [0.29, 0.717) is 0 Å². The summed E-state index contributed by atoms with van der Waals surface area (Å²) in [6.45, 7) is 3.15. The molecule has 8 N–H and O–H groups in total. The number of nitrogens with one attached hydrogen (secondary N) is 3. The minimum Gasteiger partial charge on any atom is -0.478 e. The number of nitrogens with two attached hydrogens (primary N) is 2. The maximum absolute atomic E-state index is 13.0. The van der Waals surface area contributed by atoms with E-state index < -0.39 is 29.4 Å². The molecule has 0 unspecified atom stereocenters. The fraction of sp³-hybridized carbons (Fsp3) is 0.571. The third kappa shape index (κ3) is 6.91. The summed E-state index contributed by atoms with van der Waals surface area (Å²) in [6.07, 6.45) is 6.98. The molecule has 0 saturated heterocycles. The molecule has 1 aliphatic carbocycles. The van der Waals surface area contributed by atoms with Crippen molar-refractivity contribution >= 4 is 35.1 Å². The topological polar surface area (TPSA) is 190 Å². The van der Waals surface area contributed by atoms with Gasteiger partial charge in [-0.2, -0.15) is 0 Å². The maximum Gasteiger partial charge on any atom is 0.339 e. The van der Waals surface area contributed by atoms with Gasteiger partial charge in [0, 0.05) is 18.2 Å². The monoisotopic (exact) mass is 448 g/mol. The lowest BCUT2D eigenvalue weighted by Gasteiger charge is -2.33. The Bertz CT molecular complexity index is 866. The van der Waals surface area contributed by atoms with E-state index in [0.717, 1.165) is 38.3 Å². The molecule has 1 aromatic heterocycles. The summed E-state index contributed by atoms with van der Waals surface area (Å²) in [6, 6.07) is -0.722. The van der Waals surface area contributed by atoms with Crippen molar-refractivity contribution < 1.29 is 24.3 Å². The summed E-state index contributed by atoms with van der Waals surface area (Å²) in [5.74, 6) is -2.51. The van der Waals surface area contributed by atoms with E-state index in [1.165, 1.54) is 6.20 Å². The smallest absolute Gasteiger partial charge is 0.339 e. The zero-order chi connectivity index (χ0) is 23.9. The first kappa shape index (κ1) is 25.1. The number of anilines is 2. The lowest BCUT2D eigenvalue weighted by Crippen LogP contribution is -2.57. The van der Waals surface area contributed by atoms with E-state index in [1.54, 1.807) is 13.8 Å². The maximum atomic E-state index is 13.0. The number of carboxylic acid groups (broad SMARTS) is 1. The van der Waals surface area contributed by atoms with E-state index in [-0.39, 0.29) is 41.7 Å². The molecular formula is C21H32N6O5. The van der Waals surface area contributed by atoms with E-state index in [4.69, 9.17) is 16.6 Å². The highest BCUT2D eigenvalue weighted by Crippen LogP contribution is 2.27. The highest BCUT2D eigenvalue weighted by molar-refractivity contribution is 6.01. The van der Waals surface area contributed by atoms with Crippen LogP contribution in [0, 0.1) is 5.92 Å². The molecule has 0 aromatic carbocycles. The van der Waals surface area contributed by atoms with Gasteiger partial charge in [0.25, 0.3) is 0 Å². The zero-order valence-electron chi connectivity index (χ0n) is 18.4.